The van der Waals surface area contributed by atoms with Crippen LogP contribution in [0.2, 0.25) is 5.28 Å². The lowest BCUT2D eigenvalue weighted by Crippen LogP contribution is -2.37. The van der Waals surface area contributed by atoms with Crippen LogP contribution in [0.4, 0.5) is 4.39 Å². The Balaban J connectivity index is 1.43. The number of carbonyl (C=O) groups excluding carboxylic acids is 1. The van der Waals surface area contributed by atoms with E-state index < -0.39 is 68.4 Å². The smallest absolute Gasteiger partial charge is 0.459 e. The molecule has 1 saturated carbocycles. The van der Waals surface area contributed by atoms with E-state index in [1.165, 1.54) is 24.9 Å². The fourth-order valence-corrected chi connectivity index (χ4v) is 7.29. The number of hydrogen-bond acceptors (Lipinski definition) is 11. The first-order chi connectivity index (χ1) is 19.9. The number of nitrogens with zero attached hydrogens (tertiary/aromatic N) is 4. The van der Waals surface area contributed by atoms with Crippen LogP contribution >= 0.6 is 19.3 Å². The number of benzene rings is 1. The monoisotopic (exact) mass is 627 g/mol. The normalized spacial score (nSPS) is 28.7. The maximum absolute atomic E-state index is 16.6. The molecule has 2 aliphatic rings. The summed E-state index contributed by atoms with van der Waals surface area (Å²) in [6.45, 7) is 5.55. The van der Waals surface area contributed by atoms with Crippen molar-refractivity contribution in [1.29, 1.82) is 0 Å². The van der Waals surface area contributed by atoms with Crippen LogP contribution < -0.4 is 14.3 Å². The molecule has 2 aromatic heterocycles. The van der Waals surface area contributed by atoms with Crippen LogP contribution in [-0.4, -0.2) is 74.8 Å². The minimum absolute atomic E-state index is 0.106. The molecule has 42 heavy (non-hydrogen) atoms. The number of nitrogens with one attached hydrogen (secondary N) is 1. The van der Waals surface area contributed by atoms with Gasteiger partial charge in [0, 0.05) is 12.5 Å². The number of carbonyl (C=O) groups is 1. The fraction of sp³-hybridized carbons (Fsp3) is 0.538. The zero-order chi connectivity index (χ0) is 30.4. The number of fused-ring (bicyclic) bond motifs is 2. The molecule has 7 atom stereocenters. The molecular weight excluding hydrogens is 596 g/mol. The van der Waals surface area contributed by atoms with Gasteiger partial charge in [0.15, 0.2) is 23.6 Å². The minimum Gasteiger partial charge on any atom is -0.479 e. The summed E-state index contributed by atoms with van der Waals surface area (Å²) in [5, 5.41) is 12.6. The van der Waals surface area contributed by atoms with Gasteiger partial charge in [-0.15, -0.1) is 0 Å². The molecule has 5 rings (SSSR count). The van der Waals surface area contributed by atoms with Gasteiger partial charge in [-0.05, 0) is 51.4 Å². The Morgan fingerprint density at radius 2 is 2.00 bits per heavy atom. The highest BCUT2D eigenvalue weighted by Gasteiger charge is 2.85. The second kappa shape index (κ2) is 11.3. The van der Waals surface area contributed by atoms with E-state index in [1.807, 2.05) is 0 Å². The largest absolute Gasteiger partial charge is 0.479 e. The topological polar surface area (TPSA) is 156 Å². The number of halogens is 2. The molecule has 1 saturated heterocycles. The van der Waals surface area contributed by atoms with E-state index in [1.54, 1.807) is 51.1 Å². The Bertz CT molecular complexity index is 1510. The van der Waals surface area contributed by atoms with Gasteiger partial charge in [-0.25, -0.2) is 13.9 Å². The molecule has 3 aromatic rings. The lowest BCUT2D eigenvalue weighted by atomic mass is 9.96. The molecule has 1 aromatic carbocycles. The van der Waals surface area contributed by atoms with E-state index in [9.17, 15) is 14.5 Å². The number of aliphatic hydroxyl groups is 1. The van der Waals surface area contributed by atoms with Crippen molar-refractivity contribution in [2.24, 2.45) is 11.3 Å². The fourth-order valence-electron chi connectivity index (χ4n) is 5.59. The minimum atomic E-state index is -4.32. The van der Waals surface area contributed by atoms with E-state index >= 15 is 4.39 Å². The Morgan fingerprint density at radius 3 is 2.64 bits per heavy atom. The molecule has 13 nitrogen and oxygen atoms in total. The van der Waals surface area contributed by atoms with Crippen molar-refractivity contribution < 1.29 is 42.1 Å². The van der Waals surface area contributed by atoms with Gasteiger partial charge >= 0.3 is 13.7 Å². The van der Waals surface area contributed by atoms with Crippen LogP contribution in [0.15, 0.2) is 36.7 Å². The lowest BCUT2D eigenvalue weighted by molar-refractivity contribution is -0.149. The molecule has 1 aliphatic carbocycles. The number of ether oxygens (including phenoxy) is 3. The number of methoxy groups -OCH3 is 1. The van der Waals surface area contributed by atoms with Crippen LogP contribution in [0.5, 0.6) is 11.6 Å². The van der Waals surface area contributed by atoms with Crippen molar-refractivity contribution in [2.75, 3.05) is 20.3 Å². The summed E-state index contributed by atoms with van der Waals surface area (Å²) >= 11 is 6.05. The molecule has 2 N–H and O–H groups in total. The van der Waals surface area contributed by atoms with Gasteiger partial charge < -0.3 is 23.8 Å². The predicted octanol–water partition coefficient (Wildman–Crippen LogP) is 3.86. The molecular formula is C26H32ClFN5O8P. The first kappa shape index (κ1) is 30.6. The number of alkyl halides is 1. The van der Waals surface area contributed by atoms with Crippen LogP contribution in [0, 0.1) is 11.3 Å². The van der Waals surface area contributed by atoms with Gasteiger partial charge in [0.25, 0.3) is 0 Å². The molecule has 1 aliphatic heterocycles. The first-order valence-electron chi connectivity index (χ1n) is 13.2. The zero-order valence-corrected chi connectivity index (χ0v) is 25.2. The van der Waals surface area contributed by atoms with Crippen LogP contribution in [0.1, 0.15) is 33.9 Å². The number of esters is 1. The number of para-hydroxylation sites is 1. The van der Waals surface area contributed by atoms with Gasteiger partial charge in [0.1, 0.15) is 11.8 Å². The molecule has 2 fully saturated rings. The van der Waals surface area contributed by atoms with Gasteiger partial charge in [0.05, 0.1) is 37.2 Å². The lowest BCUT2D eigenvalue weighted by Gasteiger charge is -2.27. The molecule has 16 heteroatoms. The predicted molar refractivity (Wildman–Crippen MR) is 148 cm³/mol. The number of hydrogen-bond donors (Lipinski definition) is 2. The number of imidazole rings is 1. The Morgan fingerprint density at radius 1 is 1.29 bits per heavy atom. The standard InChI is InChI=1S/C26H32ClFN5O8P/c1-14(2)39-23(35)15(3)32-42(36,41-16-9-7-6-8-10-16)38-12-26-17(11-34)25(26,4)40-22(19(26)28)33-13-29-18-20(33)30-24(27)31-21(18)37-5/h6-10,13-15,17,19,22,34H,11-12H2,1-5H3,(H,32,36)/t15-,17-,19?,22+,25?,26?,42?/m0/s1. The molecule has 0 radical (unpaired) electrons. The summed E-state index contributed by atoms with van der Waals surface area (Å²) in [5.74, 6) is -1.08. The van der Waals surface area contributed by atoms with Crippen LogP contribution in [-0.2, 0) is 23.4 Å². The second-order valence-corrected chi connectivity index (χ2v) is 12.7. The molecule has 3 heterocycles. The molecule has 228 valence electrons. The summed E-state index contributed by atoms with van der Waals surface area (Å²) in [4.78, 5) is 24.9. The SMILES string of the molecule is COc1nc(Cl)nc2c1ncn2[C@@H]1OC2(C)[C@H](CO)C2(COP(=O)(N[C@@H](C)C(=O)OC(C)C)Oc2ccccc2)C1F. The molecule has 4 unspecified atom stereocenters. The third kappa shape index (κ3) is 5.14. The van der Waals surface area contributed by atoms with Gasteiger partial charge in [-0.2, -0.15) is 15.1 Å². The van der Waals surface area contributed by atoms with Gasteiger partial charge in [0.2, 0.25) is 11.2 Å². The Hall–Kier alpha value is -2.87. The van der Waals surface area contributed by atoms with E-state index in [2.05, 4.69) is 20.0 Å². The van der Waals surface area contributed by atoms with Crippen molar-refractivity contribution in [3.63, 3.8) is 0 Å². The van der Waals surface area contributed by atoms with Crippen molar-refractivity contribution in [3.8, 4) is 11.6 Å². The first-order valence-corrected chi connectivity index (χ1v) is 15.2. The highest BCUT2D eigenvalue weighted by atomic mass is 35.5. The van der Waals surface area contributed by atoms with Crippen molar-refractivity contribution in [1.82, 2.24) is 24.6 Å². The summed E-state index contributed by atoms with van der Waals surface area (Å²) in [5.41, 5.74) is -2.23. The van der Waals surface area contributed by atoms with Crippen molar-refractivity contribution >= 4 is 36.5 Å². The number of rotatable bonds is 12. The molecule has 0 spiro atoms. The third-order valence-corrected chi connectivity index (χ3v) is 9.54. The molecule has 0 amide bonds. The molecule has 0 bridgehead atoms. The highest BCUT2D eigenvalue weighted by molar-refractivity contribution is 7.52. The third-order valence-electron chi connectivity index (χ3n) is 7.75. The summed E-state index contributed by atoms with van der Waals surface area (Å²) in [6.07, 6.45) is -2.11. The second-order valence-electron chi connectivity index (χ2n) is 10.6. The summed E-state index contributed by atoms with van der Waals surface area (Å²) in [7, 11) is -2.93. The highest BCUT2D eigenvalue weighted by Crippen LogP contribution is 2.75. The van der Waals surface area contributed by atoms with Gasteiger partial charge in [-0.3, -0.25) is 13.9 Å². The number of aliphatic hydroxyl groups excluding tert-OH is 1. The zero-order valence-electron chi connectivity index (χ0n) is 23.6. The maximum atomic E-state index is 16.6. The van der Waals surface area contributed by atoms with Crippen molar-refractivity contribution in [3.05, 3.63) is 41.9 Å². The Labute approximate surface area is 246 Å². The maximum Gasteiger partial charge on any atom is 0.459 e. The van der Waals surface area contributed by atoms with Gasteiger partial charge in [-0.1, -0.05) is 18.2 Å². The van der Waals surface area contributed by atoms with E-state index in [0.29, 0.717) is 0 Å². The van der Waals surface area contributed by atoms with E-state index in [-0.39, 0.29) is 28.1 Å². The number of aromatic nitrogens is 4. The van der Waals surface area contributed by atoms with Crippen LogP contribution in [0.3, 0.4) is 0 Å². The van der Waals surface area contributed by atoms with Crippen molar-refractivity contribution in [2.45, 2.75) is 57.8 Å². The Kier molecular flexibility index (Phi) is 8.25. The van der Waals surface area contributed by atoms with Crippen LogP contribution in [0.25, 0.3) is 11.2 Å². The quantitative estimate of drug-likeness (QED) is 0.170. The average Bonchev–Trinajstić information content (AvgIpc) is 3.13. The average molecular weight is 628 g/mol. The van der Waals surface area contributed by atoms with E-state index in [0.717, 1.165) is 0 Å². The van der Waals surface area contributed by atoms with E-state index in [4.69, 9.17) is 34.9 Å². The summed E-state index contributed by atoms with van der Waals surface area (Å²) in [6, 6.07) is 7.10. The summed E-state index contributed by atoms with van der Waals surface area (Å²) < 4.78 is 60.2.